The maximum absolute atomic E-state index is 12.2. The molecule has 118 valence electrons. The predicted octanol–water partition coefficient (Wildman–Crippen LogP) is 1.94. The molecule has 0 bridgehead atoms. The second-order valence-electron chi connectivity index (χ2n) is 6.12. The van der Waals surface area contributed by atoms with Crippen molar-refractivity contribution in [2.24, 2.45) is 11.8 Å². The number of carbonyl (C=O) groups excluding carboxylic acids is 3. The summed E-state index contributed by atoms with van der Waals surface area (Å²) in [6.07, 6.45) is 6.32. The number of rotatable bonds is 5. The highest BCUT2D eigenvalue weighted by molar-refractivity contribution is 6.36. The quantitative estimate of drug-likeness (QED) is 0.574. The van der Waals surface area contributed by atoms with E-state index in [-0.39, 0.29) is 17.7 Å². The number of esters is 1. The number of carbonyl (C=O) groups is 3. The van der Waals surface area contributed by atoms with Crippen LogP contribution in [0.1, 0.15) is 51.9 Å². The number of ether oxygens (including phenoxy) is 1. The average molecular weight is 295 g/mol. The fourth-order valence-electron chi connectivity index (χ4n) is 3.35. The van der Waals surface area contributed by atoms with Crippen molar-refractivity contribution in [1.29, 1.82) is 0 Å². The molecule has 1 saturated carbocycles. The Hall–Kier alpha value is -1.39. The van der Waals surface area contributed by atoms with Crippen LogP contribution in [0, 0.1) is 11.8 Å². The third-order valence-electron chi connectivity index (χ3n) is 4.52. The van der Waals surface area contributed by atoms with Crippen molar-refractivity contribution in [3.63, 3.8) is 0 Å². The van der Waals surface area contributed by atoms with Crippen LogP contribution in [0.5, 0.6) is 0 Å². The van der Waals surface area contributed by atoms with Gasteiger partial charge in [-0.25, -0.2) is 0 Å². The fraction of sp³-hybridized carbons (Fsp3) is 0.812. The maximum Gasteiger partial charge on any atom is 0.310 e. The minimum Gasteiger partial charge on any atom is -0.466 e. The molecule has 0 spiro atoms. The molecular formula is C16H25NO4. The zero-order chi connectivity index (χ0) is 15.2. The summed E-state index contributed by atoms with van der Waals surface area (Å²) in [4.78, 5) is 37.6. The summed E-state index contributed by atoms with van der Waals surface area (Å²) >= 11 is 0. The van der Waals surface area contributed by atoms with Gasteiger partial charge >= 0.3 is 5.97 Å². The van der Waals surface area contributed by atoms with Gasteiger partial charge in [0.15, 0.2) is 0 Å². The molecule has 1 aliphatic carbocycles. The smallest absolute Gasteiger partial charge is 0.310 e. The van der Waals surface area contributed by atoms with E-state index in [9.17, 15) is 14.4 Å². The Bertz CT molecular complexity index is 401. The van der Waals surface area contributed by atoms with E-state index in [2.05, 4.69) is 0 Å². The summed E-state index contributed by atoms with van der Waals surface area (Å²) in [5.74, 6) is -0.838. The Kier molecular flexibility index (Phi) is 5.76. The summed E-state index contributed by atoms with van der Waals surface area (Å²) < 4.78 is 5.02. The van der Waals surface area contributed by atoms with Crippen LogP contribution in [-0.2, 0) is 19.1 Å². The van der Waals surface area contributed by atoms with Crippen molar-refractivity contribution in [2.75, 3.05) is 19.7 Å². The topological polar surface area (TPSA) is 63.7 Å². The first-order valence-corrected chi connectivity index (χ1v) is 8.10. The van der Waals surface area contributed by atoms with Gasteiger partial charge in [-0.3, -0.25) is 14.4 Å². The Morgan fingerprint density at radius 2 is 1.81 bits per heavy atom. The molecule has 1 atom stereocenters. The summed E-state index contributed by atoms with van der Waals surface area (Å²) in [6, 6.07) is 0. The van der Waals surface area contributed by atoms with Crippen molar-refractivity contribution < 1.29 is 19.1 Å². The van der Waals surface area contributed by atoms with Crippen molar-refractivity contribution in [3.8, 4) is 0 Å². The molecule has 1 saturated heterocycles. The van der Waals surface area contributed by atoms with Crippen LogP contribution in [0.4, 0.5) is 0 Å². The van der Waals surface area contributed by atoms with Gasteiger partial charge < -0.3 is 9.64 Å². The summed E-state index contributed by atoms with van der Waals surface area (Å²) in [6.45, 7) is 3.03. The van der Waals surface area contributed by atoms with E-state index in [1.54, 1.807) is 11.8 Å². The molecule has 0 aromatic heterocycles. The molecule has 1 amide bonds. The molecule has 0 unspecified atom stereocenters. The molecule has 1 heterocycles. The third-order valence-corrected chi connectivity index (χ3v) is 4.52. The Labute approximate surface area is 126 Å². The fourth-order valence-corrected chi connectivity index (χ4v) is 3.35. The lowest BCUT2D eigenvalue weighted by molar-refractivity contribution is -0.153. The maximum atomic E-state index is 12.2. The van der Waals surface area contributed by atoms with Gasteiger partial charge in [0, 0.05) is 19.5 Å². The SMILES string of the molecule is CCOC(=O)[C@@H]1CCCN(C(=O)C(=O)CC2CCCC2)C1. The average Bonchev–Trinajstić information content (AvgIpc) is 2.99. The number of piperidine rings is 1. The van der Waals surface area contributed by atoms with E-state index >= 15 is 0 Å². The Morgan fingerprint density at radius 3 is 2.48 bits per heavy atom. The molecule has 2 fully saturated rings. The number of hydrogen-bond acceptors (Lipinski definition) is 4. The second kappa shape index (κ2) is 7.57. The molecule has 21 heavy (non-hydrogen) atoms. The minimum atomic E-state index is -0.407. The lowest BCUT2D eigenvalue weighted by Gasteiger charge is -2.31. The number of hydrogen-bond donors (Lipinski definition) is 0. The van der Waals surface area contributed by atoms with Crippen LogP contribution in [0.2, 0.25) is 0 Å². The molecule has 0 radical (unpaired) electrons. The third kappa shape index (κ3) is 4.29. The first-order valence-electron chi connectivity index (χ1n) is 8.10. The molecule has 5 nitrogen and oxygen atoms in total. The molecule has 0 N–H and O–H groups in total. The molecular weight excluding hydrogens is 270 g/mol. The molecule has 2 rings (SSSR count). The molecule has 2 aliphatic rings. The van der Waals surface area contributed by atoms with Crippen LogP contribution in [0.25, 0.3) is 0 Å². The van der Waals surface area contributed by atoms with Crippen LogP contribution in [-0.4, -0.2) is 42.3 Å². The highest BCUT2D eigenvalue weighted by Crippen LogP contribution is 2.28. The summed E-state index contributed by atoms with van der Waals surface area (Å²) in [5.41, 5.74) is 0. The van der Waals surface area contributed by atoms with E-state index in [4.69, 9.17) is 4.74 Å². The molecule has 1 aliphatic heterocycles. The summed E-state index contributed by atoms with van der Waals surface area (Å²) in [5, 5.41) is 0. The van der Waals surface area contributed by atoms with Crippen LogP contribution >= 0.6 is 0 Å². The van der Waals surface area contributed by atoms with Gasteiger partial charge in [-0.05, 0) is 25.7 Å². The first kappa shape index (κ1) is 16.0. The predicted molar refractivity (Wildman–Crippen MR) is 77.5 cm³/mol. The molecule has 0 aromatic rings. The highest BCUT2D eigenvalue weighted by atomic mass is 16.5. The van der Waals surface area contributed by atoms with Gasteiger partial charge in [0.1, 0.15) is 0 Å². The number of Topliss-reactive ketones (excluding diaryl/α,β-unsaturated/α-hetero) is 1. The lowest BCUT2D eigenvalue weighted by atomic mass is 9.96. The highest BCUT2D eigenvalue weighted by Gasteiger charge is 2.32. The van der Waals surface area contributed by atoms with E-state index < -0.39 is 5.91 Å². The van der Waals surface area contributed by atoms with Crippen LogP contribution in [0.3, 0.4) is 0 Å². The van der Waals surface area contributed by atoms with Crippen molar-refractivity contribution in [1.82, 2.24) is 4.90 Å². The van der Waals surface area contributed by atoms with Gasteiger partial charge in [0.2, 0.25) is 5.78 Å². The molecule has 0 aromatic carbocycles. The zero-order valence-electron chi connectivity index (χ0n) is 12.8. The van der Waals surface area contributed by atoms with Gasteiger partial charge in [-0.1, -0.05) is 25.7 Å². The standard InChI is InChI=1S/C16H25NO4/c1-2-21-16(20)13-8-5-9-17(11-13)15(19)14(18)10-12-6-3-4-7-12/h12-13H,2-11H2,1H3/t13-/m1/s1. The lowest BCUT2D eigenvalue weighted by Crippen LogP contribution is -2.45. The van der Waals surface area contributed by atoms with Gasteiger partial charge in [0.05, 0.1) is 12.5 Å². The monoisotopic (exact) mass is 295 g/mol. The first-order chi connectivity index (χ1) is 10.1. The largest absolute Gasteiger partial charge is 0.466 e. The second-order valence-corrected chi connectivity index (χ2v) is 6.12. The molecule has 5 heteroatoms. The van der Waals surface area contributed by atoms with E-state index in [0.717, 1.165) is 25.7 Å². The number of likely N-dealkylation sites (tertiary alicyclic amines) is 1. The number of amides is 1. The van der Waals surface area contributed by atoms with Crippen molar-refractivity contribution in [2.45, 2.75) is 51.9 Å². The van der Waals surface area contributed by atoms with Crippen molar-refractivity contribution >= 4 is 17.7 Å². The number of ketones is 1. The van der Waals surface area contributed by atoms with Crippen LogP contribution < -0.4 is 0 Å². The van der Waals surface area contributed by atoms with E-state index in [1.807, 2.05) is 0 Å². The van der Waals surface area contributed by atoms with Gasteiger partial charge in [0.25, 0.3) is 5.91 Å². The van der Waals surface area contributed by atoms with Crippen LogP contribution in [0.15, 0.2) is 0 Å². The zero-order valence-corrected chi connectivity index (χ0v) is 12.8. The normalized spacial score (nSPS) is 23.1. The van der Waals surface area contributed by atoms with E-state index in [1.165, 1.54) is 12.8 Å². The minimum absolute atomic E-state index is 0.252. The Balaban J connectivity index is 1.85. The Morgan fingerprint density at radius 1 is 1.10 bits per heavy atom. The van der Waals surface area contributed by atoms with E-state index in [0.29, 0.717) is 32.0 Å². The summed E-state index contributed by atoms with van der Waals surface area (Å²) in [7, 11) is 0. The number of nitrogens with zero attached hydrogens (tertiary/aromatic N) is 1. The van der Waals surface area contributed by atoms with Gasteiger partial charge in [-0.15, -0.1) is 0 Å². The van der Waals surface area contributed by atoms with Gasteiger partial charge in [-0.2, -0.15) is 0 Å². The van der Waals surface area contributed by atoms with Crippen molar-refractivity contribution in [3.05, 3.63) is 0 Å².